The van der Waals surface area contributed by atoms with E-state index < -0.39 is 35.6 Å². The molecule has 0 rings (SSSR count). The van der Waals surface area contributed by atoms with Gasteiger partial charge in [0.25, 0.3) is 0 Å². The van der Waals surface area contributed by atoms with Gasteiger partial charge in [-0.15, -0.1) is 12.6 Å². The summed E-state index contributed by atoms with van der Waals surface area (Å²) in [5.74, 6) is -1.87. The molecule has 7 heteroatoms. The average Bonchev–Trinajstić information content (AvgIpc) is 1.98. The molecular formula is C7H10N2O4S. The average molecular weight is 218 g/mol. The van der Waals surface area contributed by atoms with Crippen LogP contribution in [0.5, 0.6) is 0 Å². The van der Waals surface area contributed by atoms with Crippen LogP contribution in [-0.2, 0) is 19.2 Å². The van der Waals surface area contributed by atoms with Crippen LogP contribution in [0.4, 0.5) is 0 Å². The lowest BCUT2D eigenvalue weighted by Crippen LogP contribution is -2.32. The smallest absolute Gasteiger partial charge is 0.228 e. The SMILES string of the molecule is NC(=O)CC(=O)CNC(=O)CC(=O)S. The predicted molar refractivity (Wildman–Crippen MR) is 50.4 cm³/mol. The third-order valence-corrected chi connectivity index (χ3v) is 1.32. The van der Waals surface area contributed by atoms with Crippen molar-refractivity contribution >= 4 is 35.3 Å². The number of rotatable bonds is 6. The number of primary amides is 1. The number of carbonyl (C=O) groups is 4. The fourth-order valence-electron chi connectivity index (χ4n) is 0.654. The number of amides is 2. The van der Waals surface area contributed by atoms with Crippen LogP contribution in [0.2, 0.25) is 0 Å². The molecule has 0 aliphatic heterocycles. The van der Waals surface area contributed by atoms with Crippen molar-refractivity contribution in [3.05, 3.63) is 0 Å². The maximum atomic E-state index is 10.8. The van der Waals surface area contributed by atoms with Crippen molar-refractivity contribution in [2.75, 3.05) is 6.54 Å². The van der Waals surface area contributed by atoms with Gasteiger partial charge in [0.2, 0.25) is 11.8 Å². The summed E-state index contributed by atoms with van der Waals surface area (Å²) in [5, 5.41) is 1.56. The molecule has 2 amide bonds. The number of carbonyl (C=O) groups excluding carboxylic acids is 4. The number of nitrogens with two attached hydrogens (primary N) is 1. The minimum Gasteiger partial charge on any atom is -0.369 e. The quantitative estimate of drug-likeness (QED) is 0.368. The summed E-state index contributed by atoms with van der Waals surface area (Å²) >= 11 is 3.38. The van der Waals surface area contributed by atoms with E-state index >= 15 is 0 Å². The minimum absolute atomic E-state index is 0.303. The normalized spacial score (nSPS) is 9.21. The maximum absolute atomic E-state index is 10.8. The first-order valence-electron chi connectivity index (χ1n) is 3.70. The number of ketones is 1. The third kappa shape index (κ3) is 7.29. The lowest BCUT2D eigenvalue weighted by Gasteiger charge is -2.00. The summed E-state index contributed by atoms with van der Waals surface area (Å²) in [7, 11) is 0. The Hall–Kier alpha value is -1.37. The highest BCUT2D eigenvalue weighted by Crippen LogP contribution is 1.87. The number of nitrogens with one attached hydrogen (secondary N) is 1. The van der Waals surface area contributed by atoms with Crippen LogP contribution in [0, 0.1) is 0 Å². The van der Waals surface area contributed by atoms with Gasteiger partial charge in [-0.05, 0) is 0 Å². The molecular weight excluding hydrogens is 208 g/mol. The molecule has 0 unspecified atom stereocenters. The summed E-state index contributed by atoms with van der Waals surface area (Å²) in [6, 6.07) is 0. The van der Waals surface area contributed by atoms with E-state index in [1.807, 2.05) is 0 Å². The molecule has 0 aromatic carbocycles. The molecule has 0 aliphatic rings. The van der Waals surface area contributed by atoms with Crippen LogP contribution < -0.4 is 11.1 Å². The van der Waals surface area contributed by atoms with E-state index in [4.69, 9.17) is 5.73 Å². The fraction of sp³-hybridized carbons (Fsp3) is 0.429. The monoisotopic (exact) mass is 218 g/mol. The van der Waals surface area contributed by atoms with E-state index in [0.29, 0.717) is 0 Å². The molecule has 0 saturated heterocycles. The van der Waals surface area contributed by atoms with Gasteiger partial charge in [-0.3, -0.25) is 19.2 Å². The van der Waals surface area contributed by atoms with Gasteiger partial charge >= 0.3 is 0 Å². The van der Waals surface area contributed by atoms with Crippen LogP contribution in [0.3, 0.4) is 0 Å². The second kappa shape index (κ2) is 6.14. The molecule has 0 aliphatic carbocycles. The molecule has 0 atom stereocenters. The molecule has 3 N–H and O–H groups in total. The van der Waals surface area contributed by atoms with E-state index in [1.165, 1.54) is 0 Å². The maximum Gasteiger partial charge on any atom is 0.228 e. The topological polar surface area (TPSA) is 106 Å². The van der Waals surface area contributed by atoms with Gasteiger partial charge in [-0.1, -0.05) is 0 Å². The number of hydrogen-bond donors (Lipinski definition) is 3. The highest BCUT2D eigenvalue weighted by atomic mass is 32.1. The van der Waals surface area contributed by atoms with E-state index in [0.717, 1.165) is 0 Å². The molecule has 14 heavy (non-hydrogen) atoms. The molecule has 0 aromatic rings. The zero-order chi connectivity index (χ0) is 11.1. The van der Waals surface area contributed by atoms with Crippen molar-refractivity contribution < 1.29 is 19.2 Å². The Kier molecular flexibility index (Phi) is 5.54. The van der Waals surface area contributed by atoms with Crippen LogP contribution >= 0.6 is 12.6 Å². The highest BCUT2D eigenvalue weighted by Gasteiger charge is 2.09. The second-order valence-electron chi connectivity index (χ2n) is 2.53. The lowest BCUT2D eigenvalue weighted by atomic mass is 10.2. The summed E-state index contributed by atoms with van der Waals surface area (Å²) < 4.78 is 0. The molecule has 0 aromatic heterocycles. The number of Topliss-reactive ketones (excluding diaryl/α,β-unsaturated/α-hetero) is 1. The summed E-state index contributed by atoms with van der Waals surface area (Å²) in [5.41, 5.74) is 4.74. The second-order valence-corrected chi connectivity index (χ2v) is 3.03. The van der Waals surface area contributed by atoms with Crippen LogP contribution in [0.25, 0.3) is 0 Å². The summed E-state index contributed by atoms with van der Waals surface area (Å²) in [6.45, 7) is -0.303. The molecule has 6 nitrogen and oxygen atoms in total. The Balaban J connectivity index is 3.72. The first-order valence-corrected chi connectivity index (χ1v) is 4.15. The van der Waals surface area contributed by atoms with Crippen LogP contribution in [-0.4, -0.2) is 29.3 Å². The minimum atomic E-state index is -0.755. The van der Waals surface area contributed by atoms with Crippen molar-refractivity contribution in [3.8, 4) is 0 Å². The number of thiol groups is 1. The molecule has 0 bridgehead atoms. The molecule has 0 heterocycles. The Morgan fingerprint density at radius 1 is 1.14 bits per heavy atom. The standard InChI is InChI=1S/C7H10N2O4S/c8-5(11)1-4(10)3-9-6(12)2-7(13)14/h1-3H2,(H2,8,11)(H,9,12)(H,13,14). The van der Waals surface area contributed by atoms with Gasteiger partial charge in [0.05, 0.1) is 19.4 Å². The Morgan fingerprint density at radius 3 is 2.14 bits per heavy atom. The molecule has 78 valence electrons. The Labute approximate surface area is 85.6 Å². The van der Waals surface area contributed by atoms with Crippen molar-refractivity contribution in [3.63, 3.8) is 0 Å². The van der Waals surface area contributed by atoms with Crippen molar-refractivity contribution in [2.45, 2.75) is 12.8 Å². The lowest BCUT2D eigenvalue weighted by molar-refractivity contribution is -0.130. The predicted octanol–water partition coefficient (Wildman–Crippen LogP) is -1.61. The van der Waals surface area contributed by atoms with Crippen LogP contribution in [0.15, 0.2) is 0 Å². The number of hydrogen-bond acceptors (Lipinski definition) is 4. The van der Waals surface area contributed by atoms with Crippen molar-refractivity contribution in [1.29, 1.82) is 0 Å². The molecule has 0 radical (unpaired) electrons. The Bertz CT molecular complexity index is 249. The fourth-order valence-corrected chi connectivity index (χ4v) is 0.797. The molecule has 0 saturated carbocycles. The van der Waals surface area contributed by atoms with Crippen molar-refractivity contribution in [2.24, 2.45) is 5.73 Å². The third-order valence-electron chi connectivity index (χ3n) is 1.17. The van der Waals surface area contributed by atoms with E-state index in [2.05, 4.69) is 17.9 Å². The Morgan fingerprint density at radius 2 is 1.71 bits per heavy atom. The van der Waals surface area contributed by atoms with E-state index in [1.54, 1.807) is 0 Å². The summed E-state index contributed by atoms with van der Waals surface area (Å²) in [4.78, 5) is 42.2. The van der Waals surface area contributed by atoms with Gasteiger partial charge in [0, 0.05) is 0 Å². The molecule has 0 spiro atoms. The zero-order valence-corrected chi connectivity index (χ0v) is 8.17. The first kappa shape index (κ1) is 12.6. The van der Waals surface area contributed by atoms with E-state index in [-0.39, 0.29) is 6.54 Å². The van der Waals surface area contributed by atoms with Gasteiger partial charge < -0.3 is 11.1 Å². The van der Waals surface area contributed by atoms with Crippen LogP contribution in [0.1, 0.15) is 12.8 Å². The van der Waals surface area contributed by atoms with Gasteiger partial charge in [0.1, 0.15) is 0 Å². The van der Waals surface area contributed by atoms with Gasteiger partial charge in [-0.2, -0.15) is 0 Å². The van der Waals surface area contributed by atoms with Gasteiger partial charge in [0.15, 0.2) is 10.9 Å². The molecule has 0 fully saturated rings. The zero-order valence-electron chi connectivity index (χ0n) is 7.28. The largest absolute Gasteiger partial charge is 0.369 e. The summed E-state index contributed by atoms with van der Waals surface area (Å²) in [6.07, 6.45) is -0.817. The van der Waals surface area contributed by atoms with Gasteiger partial charge in [-0.25, -0.2) is 0 Å². The van der Waals surface area contributed by atoms with Crippen molar-refractivity contribution in [1.82, 2.24) is 5.32 Å². The highest BCUT2D eigenvalue weighted by molar-refractivity contribution is 7.96. The first-order chi connectivity index (χ1) is 6.41. The van der Waals surface area contributed by atoms with E-state index in [9.17, 15) is 19.2 Å².